The van der Waals surface area contributed by atoms with Gasteiger partial charge < -0.3 is 14.4 Å². The third-order valence-electron chi connectivity index (χ3n) is 2.76. The highest BCUT2D eigenvalue weighted by molar-refractivity contribution is 7.80. The second-order valence-electron chi connectivity index (χ2n) is 4.36. The molecule has 1 amide bonds. The van der Waals surface area contributed by atoms with Gasteiger partial charge in [-0.3, -0.25) is 14.9 Å². The van der Waals surface area contributed by atoms with Crippen molar-refractivity contribution in [3.05, 3.63) is 38.9 Å². The van der Waals surface area contributed by atoms with Crippen LogP contribution in [0.3, 0.4) is 0 Å². The number of rotatable bonds is 4. The van der Waals surface area contributed by atoms with Crippen LogP contribution in [-0.2, 0) is 9.47 Å². The summed E-state index contributed by atoms with van der Waals surface area (Å²) < 4.78 is 9.38. The Kier molecular flexibility index (Phi) is 5.52. The van der Waals surface area contributed by atoms with Crippen LogP contribution < -0.4 is 0 Å². The summed E-state index contributed by atoms with van der Waals surface area (Å²) in [6.07, 6.45) is 0. The average molecular weight is 326 g/mol. The molecule has 8 nitrogen and oxygen atoms in total. The first kappa shape index (κ1) is 17.5. The van der Waals surface area contributed by atoms with E-state index in [0.717, 1.165) is 13.2 Å². The highest BCUT2D eigenvalue weighted by Crippen LogP contribution is 2.28. The minimum Gasteiger partial charge on any atom is -0.486 e. The number of hydrogen-bond acceptors (Lipinski definition) is 7. The van der Waals surface area contributed by atoms with Crippen LogP contribution in [-0.4, -0.2) is 55.1 Å². The van der Waals surface area contributed by atoms with Crippen LogP contribution in [0, 0.1) is 10.1 Å². The van der Waals surface area contributed by atoms with Crippen LogP contribution in [0.4, 0.5) is 5.69 Å². The molecule has 1 rings (SSSR count). The van der Waals surface area contributed by atoms with Gasteiger partial charge in [-0.2, -0.15) is 0 Å². The number of nitrogens with zero attached hydrogens (tertiary/aromatic N) is 2. The molecule has 0 aliphatic heterocycles. The SMILES string of the molecule is COC(=O)c1cc(C(=O)N(C)C)cc(C(=S)OC)c1[N+](=O)[O-]. The lowest BCUT2D eigenvalue weighted by Crippen LogP contribution is -2.23. The molecular formula is C13H14N2O6S. The Morgan fingerprint density at radius 3 is 2.14 bits per heavy atom. The molecule has 0 saturated heterocycles. The minimum absolute atomic E-state index is 0.0606. The van der Waals surface area contributed by atoms with Gasteiger partial charge in [0.2, 0.25) is 0 Å². The van der Waals surface area contributed by atoms with Crippen molar-refractivity contribution in [2.24, 2.45) is 0 Å². The summed E-state index contributed by atoms with van der Waals surface area (Å²) in [4.78, 5) is 35.7. The van der Waals surface area contributed by atoms with E-state index in [1.165, 1.54) is 32.2 Å². The van der Waals surface area contributed by atoms with E-state index in [1.807, 2.05) is 0 Å². The third kappa shape index (κ3) is 3.37. The van der Waals surface area contributed by atoms with Gasteiger partial charge in [0.05, 0.1) is 19.1 Å². The van der Waals surface area contributed by atoms with E-state index >= 15 is 0 Å². The lowest BCUT2D eigenvalue weighted by atomic mass is 10.0. The monoisotopic (exact) mass is 326 g/mol. The number of amides is 1. The van der Waals surface area contributed by atoms with Crippen LogP contribution in [0.5, 0.6) is 0 Å². The molecule has 1 aromatic rings. The first-order valence-corrected chi connectivity index (χ1v) is 6.36. The molecule has 9 heteroatoms. The molecule has 0 spiro atoms. The summed E-state index contributed by atoms with van der Waals surface area (Å²) in [5.74, 6) is -1.39. The maximum atomic E-state index is 12.1. The second-order valence-corrected chi connectivity index (χ2v) is 4.73. The summed E-state index contributed by atoms with van der Waals surface area (Å²) in [5, 5.41) is 11.1. The summed E-state index contributed by atoms with van der Waals surface area (Å²) in [6.45, 7) is 0. The molecule has 1 aromatic carbocycles. The number of benzene rings is 1. The zero-order valence-corrected chi connectivity index (χ0v) is 13.2. The van der Waals surface area contributed by atoms with Crippen molar-refractivity contribution < 1.29 is 24.0 Å². The summed E-state index contributed by atoms with van der Waals surface area (Å²) in [6, 6.07) is 2.33. The normalized spacial score (nSPS) is 9.82. The molecule has 0 unspecified atom stereocenters. The fourth-order valence-corrected chi connectivity index (χ4v) is 1.90. The van der Waals surface area contributed by atoms with Crippen molar-refractivity contribution in [1.29, 1.82) is 0 Å². The molecule has 0 aromatic heterocycles. The molecule has 0 heterocycles. The van der Waals surface area contributed by atoms with E-state index < -0.39 is 22.5 Å². The van der Waals surface area contributed by atoms with Gasteiger partial charge in [-0.05, 0) is 24.4 Å². The maximum Gasteiger partial charge on any atom is 0.344 e. The number of ether oxygens (including phenoxy) is 2. The molecule has 0 saturated carbocycles. The molecule has 0 atom stereocenters. The van der Waals surface area contributed by atoms with Crippen molar-refractivity contribution in [2.45, 2.75) is 0 Å². The quantitative estimate of drug-likeness (QED) is 0.357. The van der Waals surface area contributed by atoms with Gasteiger partial charge in [0, 0.05) is 19.7 Å². The predicted molar refractivity (Wildman–Crippen MR) is 81.2 cm³/mol. The third-order valence-corrected chi connectivity index (χ3v) is 3.14. The maximum absolute atomic E-state index is 12.1. The van der Waals surface area contributed by atoms with Crippen LogP contribution >= 0.6 is 12.2 Å². The Hall–Kier alpha value is -2.55. The molecule has 0 aliphatic carbocycles. The topological polar surface area (TPSA) is 99.0 Å². The Balaban J connectivity index is 3.75. The Bertz CT molecular complexity index is 619. The van der Waals surface area contributed by atoms with Gasteiger partial charge in [0.1, 0.15) is 11.1 Å². The van der Waals surface area contributed by atoms with E-state index in [1.54, 1.807) is 0 Å². The zero-order valence-electron chi connectivity index (χ0n) is 12.4. The number of esters is 1. The Morgan fingerprint density at radius 2 is 1.73 bits per heavy atom. The number of carbonyl (C=O) groups is 2. The van der Waals surface area contributed by atoms with Crippen LogP contribution in [0.2, 0.25) is 0 Å². The molecule has 0 fully saturated rings. The minimum atomic E-state index is -0.944. The van der Waals surface area contributed by atoms with Crippen molar-refractivity contribution in [1.82, 2.24) is 4.90 Å². The van der Waals surface area contributed by atoms with E-state index in [4.69, 9.17) is 17.0 Å². The number of thiocarbonyl (C=S) groups is 1. The van der Waals surface area contributed by atoms with Crippen molar-refractivity contribution >= 4 is 34.8 Å². The van der Waals surface area contributed by atoms with E-state index in [0.29, 0.717) is 0 Å². The predicted octanol–water partition coefficient (Wildman–Crippen LogP) is 1.41. The lowest BCUT2D eigenvalue weighted by molar-refractivity contribution is -0.385. The smallest absolute Gasteiger partial charge is 0.344 e. The highest BCUT2D eigenvalue weighted by Gasteiger charge is 2.30. The fourth-order valence-electron chi connectivity index (χ4n) is 1.74. The van der Waals surface area contributed by atoms with Crippen LogP contribution in [0.1, 0.15) is 26.3 Å². The largest absolute Gasteiger partial charge is 0.486 e. The summed E-state index contributed by atoms with van der Waals surface area (Å²) in [7, 11) is 5.34. The number of carbonyl (C=O) groups excluding carboxylic acids is 2. The zero-order chi connectivity index (χ0) is 17.0. The van der Waals surface area contributed by atoms with Gasteiger partial charge in [-0.15, -0.1) is 0 Å². The van der Waals surface area contributed by atoms with Crippen molar-refractivity contribution in [2.75, 3.05) is 28.3 Å². The number of methoxy groups -OCH3 is 2. The molecule has 118 valence electrons. The lowest BCUT2D eigenvalue weighted by Gasteiger charge is -2.13. The first-order valence-electron chi connectivity index (χ1n) is 5.95. The first-order chi connectivity index (χ1) is 10.2. The van der Waals surface area contributed by atoms with Gasteiger partial charge in [-0.25, -0.2) is 4.79 Å². The molecule has 0 N–H and O–H groups in total. The molecular weight excluding hydrogens is 312 g/mol. The summed E-state index contributed by atoms with van der Waals surface area (Å²) >= 11 is 4.92. The average Bonchev–Trinajstić information content (AvgIpc) is 2.50. The standard InChI is InChI=1S/C13H14N2O6S/c1-14(2)11(16)7-5-8(12(17)20-3)10(15(18)19)9(6-7)13(22)21-4/h5-6H,1-4H3. The number of hydrogen-bond donors (Lipinski definition) is 0. The van der Waals surface area contributed by atoms with Crippen LogP contribution in [0.25, 0.3) is 0 Å². The number of nitro groups is 1. The van der Waals surface area contributed by atoms with Gasteiger partial charge in [-0.1, -0.05) is 0 Å². The van der Waals surface area contributed by atoms with Gasteiger partial charge >= 0.3 is 5.97 Å². The van der Waals surface area contributed by atoms with Gasteiger partial charge in [0.25, 0.3) is 11.6 Å². The molecule has 0 radical (unpaired) electrons. The molecule has 0 aliphatic rings. The van der Waals surface area contributed by atoms with E-state index in [9.17, 15) is 19.7 Å². The fraction of sp³-hybridized carbons (Fsp3) is 0.308. The molecule has 22 heavy (non-hydrogen) atoms. The van der Waals surface area contributed by atoms with Crippen LogP contribution in [0.15, 0.2) is 12.1 Å². The van der Waals surface area contributed by atoms with Crippen molar-refractivity contribution in [3.8, 4) is 0 Å². The highest BCUT2D eigenvalue weighted by atomic mass is 32.1. The summed E-state index contributed by atoms with van der Waals surface area (Å²) in [5.41, 5.74) is -0.996. The Morgan fingerprint density at radius 1 is 1.18 bits per heavy atom. The Labute approximate surface area is 131 Å². The molecule has 0 bridgehead atoms. The second kappa shape index (κ2) is 6.94. The van der Waals surface area contributed by atoms with Gasteiger partial charge in [0.15, 0.2) is 5.05 Å². The van der Waals surface area contributed by atoms with E-state index in [2.05, 4.69) is 4.74 Å². The number of nitro benzene ring substituents is 1. The van der Waals surface area contributed by atoms with Crippen molar-refractivity contribution in [3.63, 3.8) is 0 Å². The van der Waals surface area contributed by atoms with E-state index in [-0.39, 0.29) is 21.7 Å².